The van der Waals surface area contributed by atoms with Gasteiger partial charge in [0.25, 0.3) is 5.22 Å². The molecule has 1 aromatic heterocycles. The normalized spacial score (nSPS) is 10.6. The van der Waals surface area contributed by atoms with Crippen molar-refractivity contribution in [3.8, 4) is 0 Å². The van der Waals surface area contributed by atoms with Crippen LogP contribution in [0.5, 0.6) is 0 Å². The Kier molecular flexibility index (Phi) is 5.30. The predicted molar refractivity (Wildman–Crippen MR) is 78.0 cm³/mol. The molecule has 1 aromatic carbocycles. The summed E-state index contributed by atoms with van der Waals surface area (Å²) in [5.74, 6) is 1.53. The first kappa shape index (κ1) is 14.4. The summed E-state index contributed by atoms with van der Waals surface area (Å²) in [6.07, 6.45) is 1.96. The van der Waals surface area contributed by atoms with Crippen LogP contribution in [0.1, 0.15) is 16.2 Å². The Morgan fingerprint density at radius 2 is 2.05 bits per heavy atom. The molecule has 7 heteroatoms. The largest absolute Gasteiger partial charge is 0.415 e. The third-order valence-electron chi connectivity index (χ3n) is 2.21. The summed E-state index contributed by atoms with van der Waals surface area (Å²) in [5, 5.41) is 8.79. The molecule has 1 heterocycles. The minimum Gasteiger partial charge on any atom is -0.415 e. The molecule has 0 N–H and O–H groups in total. The molecule has 0 aliphatic carbocycles. The number of hydrogen-bond donors (Lipinski definition) is 0. The topological polar surface area (TPSA) is 56.0 Å². The fourth-order valence-corrected chi connectivity index (χ4v) is 2.49. The van der Waals surface area contributed by atoms with Crippen molar-refractivity contribution in [2.75, 3.05) is 12.0 Å². The molecule has 0 radical (unpaired) electrons. The van der Waals surface area contributed by atoms with Crippen LogP contribution in [-0.4, -0.2) is 28.0 Å². The van der Waals surface area contributed by atoms with Crippen molar-refractivity contribution in [1.29, 1.82) is 0 Å². The first-order valence-electron chi connectivity index (χ1n) is 5.42. The van der Waals surface area contributed by atoms with E-state index < -0.39 is 0 Å². The van der Waals surface area contributed by atoms with Gasteiger partial charge in [0.15, 0.2) is 5.78 Å². The van der Waals surface area contributed by atoms with Crippen LogP contribution in [0.3, 0.4) is 0 Å². The van der Waals surface area contributed by atoms with Crippen LogP contribution in [0.2, 0.25) is 5.02 Å². The fourth-order valence-electron chi connectivity index (χ4n) is 1.32. The number of aromatic nitrogens is 2. The maximum atomic E-state index is 11.9. The van der Waals surface area contributed by atoms with Crippen molar-refractivity contribution in [1.82, 2.24) is 10.2 Å². The molecule has 0 atom stereocenters. The summed E-state index contributed by atoms with van der Waals surface area (Å²) in [4.78, 5) is 11.9. The molecule has 0 amide bonds. The summed E-state index contributed by atoms with van der Waals surface area (Å²) in [6, 6.07) is 6.81. The molecule has 0 saturated carbocycles. The first-order valence-corrected chi connectivity index (χ1v) is 8.17. The van der Waals surface area contributed by atoms with E-state index >= 15 is 0 Å². The minimum atomic E-state index is 0.00582. The van der Waals surface area contributed by atoms with Crippen molar-refractivity contribution in [2.45, 2.75) is 11.0 Å². The number of rotatable bonds is 6. The number of carbonyl (C=O) groups is 1. The number of benzene rings is 1. The maximum absolute atomic E-state index is 11.9. The van der Waals surface area contributed by atoms with Gasteiger partial charge in [0.1, 0.15) is 0 Å². The van der Waals surface area contributed by atoms with E-state index in [2.05, 4.69) is 10.2 Å². The summed E-state index contributed by atoms with van der Waals surface area (Å²) in [7, 11) is 0. The van der Waals surface area contributed by atoms with Gasteiger partial charge in [-0.2, -0.15) is 11.8 Å². The average molecular weight is 315 g/mol. The molecule has 0 saturated heterocycles. The quantitative estimate of drug-likeness (QED) is 0.600. The van der Waals surface area contributed by atoms with Crippen molar-refractivity contribution in [2.24, 2.45) is 0 Å². The molecule has 0 bridgehead atoms. The molecule has 100 valence electrons. The Labute approximate surface area is 124 Å². The van der Waals surface area contributed by atoms with Crippen LogP contribution in [0, 0.1) is 0 Å². The summed E-state index contributed by atoms with van der Waals surface area (Å²) in [6.45, 7) is 0. The minimum absolute atomic E-state index is 0.00582. The van der Waals surface area contributed by atoms with Crippen molar-refractivity contribution in [3.63, 3.8) is 0 Å². The summed E-state index contributed by atoms with van der Waals surface area (Å²) < 4.78 is 5.38. The third kappa shape index (κ3) is 4.26. The molecule has 4 nitrogen and oxygen atoms in total. The van der Waals surface area contributed by atoms with Crippen molar-refractivity contribution >= 4 is 40.9 Å². The van der Waals surface area contributed by atoms with E-state index in [-0.39, 0.29) is 11.5 Å². The Morgan fingerprint density at radius 1 is 1.32 bits per heavy atom. The maximum Gasteiger partial charge on any atom is 0.277 e. The van der Waals surface area contributed by atoms with Gasteiger partial charge in [-0.05, 0) is 30.5 Å². The van der Waals surface area contributed by atoms with Gasteiger partial charge >= 0.3 is 0 Å². The lowest BCUT2D eigenvalue weighted by molar-refractivity contribution is 0.102. The number of hydrogen-bond acceptors (Lipinski definition) is 6. The van der Waals surface area contributed by atoms with Crippen molar-refractivity contribution in [3.05, 3.63) is 40.7 Å². The third-order valence-corrected chi connectivity index (χ3v) is 3.82. The molecule has 19 heavy (non-hydrogen) atoms. The molecular formula is C12H11ClN2O2S2. The van der Waals surface area contributed by atoms with Crippen molar-refractivity contribution < 1.29 is 9.21 Å². The zero-order chi connectivity index (χ0) is 13.7. The van der Waals surface area contributed by atoms with Gasteiger partial charge < -0.3 is 4.42 Å². The fraction of sp³-hybridized carbons (Fsp3) is 0.250. The molecule has 0 fully saturated rings. The lowest BCUT2D eigenvalue weighted by atomic mass is 10.1. The number of carbonyl (C=O) groups excluding carboxylic acids is 1. The van der Waals surface area contributed by atoms with Gasteiger partial charge in [-0.3, -0.25) is 4.79 Å². The predicted octanol–water partition coefficient (Wildman–Crippen LogP) is 3.56. The highest BCUT2D eigenvalue weighted by Gasteiger charge is 2.11. The highest BCUT2D eigenvalue weighted by Crippen LogP contribution is 2.20. The second-order valence-electron chi connectivity index (χ2n) is 3.61. The Hall–Kier alpha value is -0.980. The number of nitrogens with zero attached hydrogens (tertiary/aromatic N) is 2. The van der Waals surface area contributed by atoms with Crippen LogP contribution < -0.4 is 0 Å². The average Bonchev–Trinajstić information content (AvgIpc) is 2.85. The lowest BCUT2D eigenvalue weighted by Crippen LogP contribution is -2.01. The monoisotopic (exact) mass is 314 g/mol. The molecule has 0 aliphatic rings. The second-order valence-corrected chi connectivity index (χ2v) is 5.84. The number of ketones is 1. The molecular weight excluding hydrogens is 304 g/mol. The van der Waals surface area contributed by atoms with Gasteiger partial charge in [-0.1, -0.05) is 23.4 Å². The van der Waals surface area contributed by atoms with Crippen LogP contribution >= 0.6 is 35.1 Å². The summed E-state index contributed by atoms with van der Waals surface area (Å²) in [5.41, 5.74) is 0.626. The van der Waals surface area contributed by atoms with Gasteiger partial charge in [-0.25, -0.2) is 0 Å². The highest BCUT2D eigenvalue weighted by atomic mass is 35.5. The Balaban J connectivity index is 1.90. The smallest absolute Gasteiger partial charge is 0.277 e. The summed E-state index contributed by atoms with van der Waals surface area (Å²) >= 11 is 8.62. The zero-order valence-corrected chi connectivity index (χ0v) is 12.5. The van der Waals surface area contributed by atoms with Gasteiger partial charge in [-0.15, -0.1) is 10.2 Å². The second kappa shape index (κ2) is 6.98. The Morgan fingerprint density at radius 3 is 2.74 bits per heavy atom. The SMILES string of the molecule is CSCc1nnc(SCC(=O)c2ccc(Cl)cc2)o1. The van der Waals surface area contributed by atoms with Crippen LogP contribution in [-0.2, 0) is 5.75 Å². The zero-order valence-electron chi connectivity index (χ0n) is 10.1. The van der Waals surface area contributed by atoms with E-state index in [9.17, 15) is 4.79 Å². The van der Waals surface area contributed by atoms with Gasteiger partial charge in [0.2, 0.25) is 5.89 Å². The van der Waals surface area contributed by atoms with E-state index in [0.717, 1.165) is 0 Å². The van der Waals surface area contributed by atoms with E-state index in [1.165, 1.54) is 11.8 Å². The van der Waals surface area contributed by atoms with E-state index in [0.29, 0.717) is 27.5 Å². The number of halogens is 1. The molecule has 2 rings (SSSR count). The van der Waals surface area contributed by atoms with E-state index in [1.54, 1.807) is 36.0 Å². The van der Waals surface area contributed by atoms with Crippen LogP contribution in [0.15, 0.2) is 33.9 Å². The lowest BCUT2D eigenvalue weighted by Gasteiger charge is -1.98. The number of Topliss-reactive ketones (excluding diaryl/α,β-unsaturated/α-hetero) is 1. The highest BCUT2D eigenvalue weighted by molar-refractivity contribution is 7.99. The van der Waals surface area contributed by atoms with E-state index in [4.69, 9.17) is 16.0 Å². The number of thioether (sulfide) groups is 2. The van der Waals surface area contributed by atoms with Crippen LogP contribution in [0.4, 0.5) is 0 Å². The molecule has 2 aromatic rings. The van der Waals surface area contributed by atoms with Gasteiger partial charge in [0.05, 0.1) is 11.5 Å². The Bertz CT molecular complexity index is 557. The molecule has 0 aliphatic heterocycles. The van der Waals surface area contributed by atoms with E-state index in [1.807, 2.05) is 6.26 Å². The van der Waals surface area contributed by atoms with Gasteiger partial charge in [0, 0.05) is 10.6 Å². The first-order chi connectivity index (χ1) is 9.19. The standard InChI is InChI=1S/C12H11ClN2O2S2/c1-18-7-11-14-15-12(17-11)19-6-10(16)8-2-4-9(13)5-3-8/h2-5H,6-7H2,1H3. The molecule has 0 spiro atoms. The molecule has 0 unspecified atom stereocenters. The van der Waals surface area contributed by atoms with Crippen LogP contribution in [0.25, 0.3) is 0 Å².